The molecule has 0 bridgehead atoms. The Morgan fingerprint density at radius 1 is 1.45 bits per heavy atom. The normalized spacial score (nSPS) is 11.8. The number of rotatable bonds is 5. The standard InChI is InChI=1S/C11H10F2N2O5/c1-5(11(17)18)4-14-10(16)7-2-6(12)3-8(9(7)13)15(19)20/h2-3,5H,4H2,1H3,(H,14,16)(H,17,18). The van der Waals surface area contributed by atoms with Crippen molar-refractivity contribution >= 4 is 17.6 Å². The van der Waals surface area contributed by atoms with E-state index in [4.69, 9.17) is 5.11 Å². The van der Waals surface area contributed by atoms with Gasteiger partial charge in [-0.1, -0.05) is 6.92 Å². The first kappa shape index (κ1) is 15.5. The minimum Gasteiger partial charge on any atom is -0.481 e. The second-order valence-electron chi connectivity index (χ2n) is 3.99. The molecule has 0 radical (unpaired) electrons. The van der Waals surface area contributed by atoms with Gasteiger partial charge in [0.05, 0.1) is 22.5 Å². The highest BCUT2D eigenvalue weighted by Crippen LogP contribution is 2.22. The Morgan fingerprint density at radius 3 is 2.55 bits per heavy atom. The molecule has 0 saturated carbocycles. The zero-order chi connectivity index (χ0) is 15.4. The minimum absolute atomic E-state index is 0.322. The van der Waals surface area contributed by atoms with Gasteiger partial charge in [-0.3, -0.25) is 19.7 Å². The molecule has 1 atom stereocenters. The molecule has 0 heterocycles. The number of aliphatic carboxylic acids is 1. The summed E-state index contributed by atoms with van der Waals surface area (Å²) in [5.74, 6) is -5.87. The van der Waals surface area contributed by atoms with Gasteiger partial charge in [0.2, 0.25) is 5.82 Å². The third kappa shape index (κ3) is 3.46. The molecule has 0 fully saturated rings. The van der Waals surface area contributed by atoms with E-state index in [0.29, 0.717) is 12.1 Å². The summed E-state index contributed by atoms with van der Waals surface area (Å²) in [6.45, 7) is 0.977. The van der Waals surface area contributed by atoms with Crippen molar-refractivity contribution in [2.24, 2.45) is 5.92 Å². The summed E-state index contributed by atoms with van der Waals surface area (Å²) in [6.07, 6.45) is 0. The zero-order valence-electron chi connectivity index (χ0n) is 10.2. The van der Waals surface area contributed by atoms with Crippen molar-refractivity contribution in [3.63, 3.8) is 0 Å². The maximum absolute atomic E-state index is 13.7. The van der Waals surface area contributed by atoms with Gasteiger partial charge in [0.25, 0.3) is 5.91 Å². The number of carbonyl (C=O) groups is 2. The molecule has 0 saturated heterocycles. The smallest absolute Gasteiger partial charge is 0.308 e. The van der Waals surface area contributed by atoms with Crippen LogP contribution in [0.5, 0.6) is 0 Å². The van der Waals surface area contributed by atoms with Gasteiger partial charge in [0.15, 0.2) is 0 Å². The van der Waals surface area contributed by atoms with Gasteiger partial charge in [-0.15, -0.1) is 0 Å². The van der Waals surface area contributed by atoms with Crippen LogP contribution in [-0.4, -0.2) is 28.5 Å². The van der Waals surface area contributed by atoms with Gasteiger partial charge in [-0.2, -0.15) is 4.39 Å². The average Bonchev–Trinajstić information content (AvgIpc) is 2.37. The number of carbonyl (C=O) groups excluding carboxylic acids is 1. The molecule has 1 rings (SSSR count). The predicted octanol–water partition coefficient (Wildman–Crippen LogP) is 1.32. The number of nitro benzene ring substituents is 1. The number of nitrogens with one attached hydrogen (secondary N) is 1. The van der Waals surface area contributed by atoms with Crippen molar-refractivity contribution in [1.82, 2.24) is 5.32 Å². The molecule has 108 valence electrons. The molecule has 0 spiro atoms. The number of carboxylic acid groups (broad SMARTS) is 1. The number of hydrogen-bond donors (Lipinski definition) is 2. The van der Waals surface area contributed by atoms with E-state index in [1.807, 2.05) is 0 Å². The summed E-state index contributed by atoms with van der Waals surface area (Å²) in [4.78, 5) is 31.5. The largest absolute Gasteiger partial charge is 0.481 e. The lowest BCUT2D eigenvalue weighted by Gasteiger charge is -2.09. The van der Waals surface area contributed by atoms with E-state index in [1.54, 1.807) is 0 Å². The van der Waals surface area contributed by atoms with Gasteiger partial charge in [-0.05, 0) is 6.07 Å². The van der Waals surface area contributed by atoms with E-state index in [-0.39, 0.29) is 6.54 Å². The quantitative estimate of drug-likeness (QED) is 0.627. The van der Waals surface area contributed by atoms with Crippen molar-refractivity contribution < 1.29 is 28.4 Å². The second-order valence-corrected chi connectivity index (χ2v) is 3.99. The topological polar surface area (TPSA) is 110 Å². The molecule has 9 heteroatoms. The molecule has 0 aliphatic heterocycles. The van der Waals surface area contributed by atoms with Crippen LogP contribution in [0.3, 0.4) is 0 Å². The van der Waals surface area contributed by atoms with E-state index >= 15 is 0 Å². The highest BCUT2D eigenvalue weighted by molar-refractivity contribution is 5.95. The van der Waals surface area contributed by atoms with Crippen LogP contribution in [-0.2, 0) is 4.79 Å². The Labute approximate surface area is 111 Å². The van der Waals surface area contributed by atoms with Crippen molar-refractivity contribution in [3.8, 4) is 0 Å². The minimum atomic E-state index is -1.48. The Bertz CT molecular complexity index is 576. The molecular weight excluding hydrogens is 278 g/mol. The average molecular weight is 288 g/mol. The highest BCUT2D eigenvalue weighted by atomic mass is 19.1. The Balaban J connectivity index is 2.99. The van der Waals surface area contributed by atoms with Crippen molar-refractivity contribution in [2.45, 2.75) is 6.92 Å². The van der Waals surface area contributed by atoms with Crippen molar-refractivity contribution in [1.29, 1.82) is 0 Å². The zero-order valence-corrected chi connectivity index (χ0v) is 10.2. The summed E-state index contributed by atoms with van der Waals surface area (Å²) in [6, 6.07) is 0.856. The lowest BCUT2D eigenvalue weighted by atomic mass is 10.1. The molecule has 0 aliphatic carbocycles. The fourth-order valence-corrected chi connectivity index (χ4v) is 1.30. The molecule has 1 aromatic rings. The van der Waals surface area contributed by atoms with Gasteiger partial charge in [0, 0.05) is 6.54 Å². The number of halogens is 2. The first-order valence-corrected chi connectivity index (χ1v) is 5.38. The molecule has 1 unspecified atom stereocenters. The Kier molecular flexibility index (Phi) is 4.68. The third-order valence-corrected chi connectivity index (χ3v) is 2.45. The maximum Gasteiger partial charge on any atom is 0.308 e. The number of carboxylic acids is 1. The van der Waals surface area contributed by atoms with Crippen LogP contribution in [0.25, 0.3) is 0 Å². The molecule has 20 heavy (non-hydrogen) atoms. The summed E-state index contributed by atoms with van der Waals surface area (Å²) in [7, 11) is 0. The van der Waals surface area contributed by atoms with Crippen LogP contribution in [0.2, 0.25) is 0 Å². The molecule has 1 aromatic carbocycles. The van der Waals surface area contributed by atoms with Gasteiger partial charge < -0.3 is 10.4 Å². The van der Waals surface area contributed by atoms with Crippen LogP contribution < -0.4 is 5.32 Å². The molecule has 2 N–H and O–H groups in total. The van der Waals surface area contributed by atoms with E-state index < -0.39 is 45.6 Å². The SMILES string of the molecule is CC(CNC(=O)c1cc(F)cc([N+](=O)[O-])c1F)C(=O)O. The van der Waals surface area contributed by atoms with E-state index in [9.17, 15) is 28.5 Å². The predicted molar refractivity (Wildman–Crippen MR) is 62.1 cm³/mol. The van der Waals surface area contributed by atoms with Crippen molar-refractivity contribution in [3.05, 3.63) is 39.4 Å². The van der Waals surface area contributed by atoms with E-state index in [2.05, 4.69) is 5.32 Å². The lowest BCUT2D eigenvalue weighted by molar-refractivity contribution is -0.387. The first-order chi connectivity index (χ1) is 9.23. The van der Waals surface area contributed by atoms with Gasteiger partial charge >= 0.3 is 11.7 Å². The third-order valence-electron chi connectivity index (χ3n) is 2.45. The fraction of sp³-hybridized carbons (Fsp3) is 0.273. The summed E-state index contributed by atoms with van der Waals surface area (Å²) in [5.41, 5.74) is -2.02. The monoisotopic (exact) mass is 288 g/mol. The number of nitrogens with zero attached hydrogens (tertiary/aromatic N) is 1. The lowest BCUT2D eigenvalue weighted by Crippen LogP contribution is -2.32. The molecule has 7 nitrogen and oxygen atoms in total. The summed E-state index contributed by atoms with van der Waals surface area (Å²) in [5, 5.41) is 21.2. The Morgan fingerprint density at radius 2 is 2.05 bits per heavy atom. The number of hydrogen-bond acceptors (Lipinski definition) is 4. The molecular formula is C11H10F2N2O5. The van der Waals surface area contributed by atoms with Crippen LogP contribution in [0.4, 0.5) is 14.5 Å². The molecule has 0 aliphatic rings. The van der Waals surface area contributed by atoms with Crippen LogP contribution >= 0.6 is 0 Å². The van der Waals surface area contributed by atoms with Crippen LogP contribution in [0.1, 0.15) is 17.3 Å². The fourth-order valence-electron chi connectivity index (χ4n) is 1.30. The summed E-state index contributed by atoms with van der Waals surface area (Å²) < 4.78 is 26.8. The number of nitro groups is 1. The molecule has 1 amide bonds. The Hall–Kier alpha value is -2.58. The van der Waals surface area contributed by atoms with E-state index in [1.165, 1.54) is 6.92 Å². The number of amides is 1. The van der Waals surface area contributed by atoms with Crippen LogP contribution in [0.15, 0.2) is 12.1 Å². The first-order valence-electron chi connectivity index (χ1n) is 5.38. The van der Waals surface area contributed by atoms with Crippen LogP contribution in [0, 0.1) is 27.7 Å². The highest BCUT2D eigenvalue weighted by Gasteiger charge is 2.24. The number of benzene rings is 1. The van der Waals surface area contributed by atoms with Crippen molar-refractivity contribution in [2.75, 3.05) is 6.54 Å². The van der Waals surface area contributed by atoms with E-state index in [0.717, 1.165) is 0 Å². The van der Waals surface area contributed by atoms with Gasteiger partial charge in [0.1, 0.15) is 5.82 Å². The maximum atomic E-state index is 13.7. The van der Waals surface area contributed by atoms with Gasteiger partial charge in [-0.25, -0.2) is 4.39 Å². The summed E-state index contributed by atoms with van der Waals surface area (Å²) >= 11 is 0. The second kappa shape index (κ2) is 6.04. The molecule has 0 aromatic heterocycles.